The quantitative estimate of drug-likeness (QED) is 0.163. The summed E-state index contributed by atoms with van der Waals surface area (Å²) in [4.78, 5) is 38.1. The van der Waals surface area contributed by atoms with Crippen LogP contribution in [-0.2, 0) is 4.74 Å². The van der Waals surface area contributed by atoms with E-state index in [9.17, 15) is 50.1 Å². The fourth-order valence-electron chi connectivity index (χ4n) is 4.50. The summed E-state index contributed by atoms with van der Waals surface area (Å²) >= 11 is 0. The lowest BCUT2D eigenvalue weighted by molar-refractivity contribution is -0.0809. The molecule has 2 aliphatic rings. The minimum absolute atomic E-state index is 0.243. The first-order chi connectivity index (χ1) is 15.9. The number of ether oxygens (including phenoxy) is 1. The molecule has 2 unspecified atom stereocenters. The summed E-state index contributed by atoms with van der Waals surface area (Å²) in [5, 5.41) is 71.7. The third-order valence-corrected chi connectivity index (χ3v) is 6.17. The van der Waals surface area contributed by atoms with Gasteiger partial charge in [0.25, 0.3) is 0 Å². The van der Waals surface area contributed by atoms with Gasteiger partial charge in [0.15, 0.2) is 23.1 Å². The van der Waals surface area contributed by atoms with E-state index < -0.39 is 98.8 Å². The second-order valence-corrected chi connectivity index (χ2v) is 8.12. The van der Waals surface area contributed by atoms with Crippen molar-refractivity contribution in [1.82, 2.24) is 0 Å². The number of benzene rings is 2. The smallest absolute Gasteiger partial charge is 0.339 e. The first kappa shape index (κ1) is 23.2. The maximum atomic E-state index is 13.4. The number of carboxylic acids is 1. The van der Waals surface area contributed by atoms with Gasteiger partial charge in [-0.1, -0.05) is 6.08 Å². The second kappa shape index (κ2) is 7.83. The third kappa shape index (κ3) is 3.05. The maximum Gasteiger partial charge on any atom is 0.339 e. The highest BCUT2D eigenvalue weighted by molar-refractivity contribution is 6.31. The van der Waals surface area contributed by atoms with E-state index in [2.05, 4.69) is 0 Å². The molecule has 1 aliphatic carbocycles. The van der Waals surface area contributed by atoms with Crippen LogP contribution in [0.3, 0.4) is 0 Å². The number of aliphatic hydroxyl groups is 2. The van der Waals surface area contributed by atoms with Crippen LogP contribution in [0.5, 0.6) is 23.0 Å². The Morgan fingerprint density at radius 3 is 2.18 bits per heavy atom. The highest BCUT2D eigenvalue weighted by atomic mass is 16.5. The van der Waals surface area contributed by atoms with E-state index in [1.54, 1.807) is 6.92 Å². The summed E-state index contributed by atoms with van der Waals surface area (Å²) in [5.41, 5.74) is -3.31. The average molecular weight is 472 g/mol. The molecule has 2 aromatic carbocycles. The summed E-state index contributed by atoms with van der Waals surface area (Å²) in [6.07, 6.45) is -2.61. The van der Waals surface area contributed by atoms with Crippen molar-refractivity contribution in [1.29, 1.82) is 0 Å². The van der Waals surface area contributed by atoms with Crippen LogP contribution in [0.2, 0.25) is 0 Å². The van der Waals surface area contributed by atoms with Crippen molar-refractivity contribution in [2.24, 2.45) is 0 Å². The van der Waals surface area contributed by atoms with Crippen molar-refractivity contribution in [3.8, 4) is 23.0 Å². The van der Waals surface area contributed by atoms with Crippen molar-refractivity contribution < 1.29 is 54.9 Å². The Hall–Kier alpha value is -3.93. The molecule has 1 aliphatic heterocycles. The zero-order valence-corrected chi connectivity index (χ0v) is 17.9. The van der Waals surface area contributed by atoms with Crippen molar-refractivity contribution in [2.75, 3.05) is 6.61 Å². The molecule has 0 saturated carbocycles. The van der Waals surface area contributed by atoms with Crippen LogP contribution >= 0.6 is 0 Å². The molecular formula is C23H20O11. The second-order valence-electron chi connectivity index (χ2n) is 8.12. The average Bonchev–Trinajstić information content (AvgIpc) is 2.75. The largest absolute Gasteiger partial charge is 0.507 e. The summed E-state index contributed by atoms with van der Waals surface area (Å²) in [7, 11) is 0. The lowest BCUT2D eigenvalue weighted by Crippen LogP contribution is -2.34. The number of carbonyl (C=O) groups is 3. The number of aromatic hydroxyl groups is 4. The highest BCUT2D eigenvalue weighted by Crippen LogP contribution is 2.51. The van der Waals surface area contributed by atoms with Crippen LogP contribution < -0.4 is 0 Å². The molecule has 0 spiro atoms. The van der Waals surface area contributed by atoms with Crippen molar-refractivity contribution in [3.63, 3.8) is 0 Å². The molecule has 0 radical (unpaired) electrons. The molecule has 7 N–H and O–H groups in total. The lowest BCUT2D eigenvalue weighted by Gasteiger charge is -2.34. The molecule has 3 atom stereocenters. The first-order valence-corrected chi connectivity index (χ1v) is 10.0. The van der Waals surface area contributed by atoms with Gasteiger partial charge in [0.1, 0.15) is 35.4 Å². The van der Waals surface area contributed by atoms with Crippen LogP contribution in [0.25, 0.3) is 0 Å². The summed E-state index contributed by atoms with van der Waals surface area (Å²) in [6.45, 7) is 2.26. The van der Waals surface area contributed by atoms with Crippen molar-refractivity contribution >= 4 is 17.5 Å². The van der Waals surface area contributed by atoms with Gasteiger partial charge in [0, 0.05) is 11.1 Å². The molecule has 0 saturated heterocycles. The number of carboxylic acid groups (broad SMARTS) is 1. The topological polar surface area (TPSA) is 202 Å². The minimum Gasteiger partial charge on any atom is -0.507 e. The number of fused-ring (bicyclic) bond motifs is 2. The molecular weight excluding hydrogens is 452 g/mol. The summed E-state index contributed by atoms with van der Waals surface area (Å²) in [6, 6.07) is 0.768. The standard InChI is InChI=1S/C23H20O11/c1-6-3-10(26)22(34-11(6)5-24)16-19(29)15-14(20(30)21(16)31)17(27)8-4-9(25)13(23(32)33)7(2)12(8)18(15)28/h3-4,10-11,22,24-26,29-31H,5H2,1-2H3,(H,32,33)/t10-,11?,22?/m0/s1. The SMILES string of the molecule is CC1=C[C@H](O)C(c2c(O)c(O)c3c(c2O)C(=O)c2c(cc(O)c(C(=O)O)c2C)C3=O)OC1CO. The maximum absolute atomic E-state index is 13.4. The van der Waals surface area contributed by atoms with Gasteiger partial charge in [-0.25, -0.2) is 4.79 Å². The Morgan fingerprint density at radius 2 is 1.59 bits per heavy atom. The molecule has 11 heteroatoms. The van der Waals surface area contributed by atoms with E-state index in [0.717, 1.165) is 6.07 Å². The van der Waals surface area contributed by atoms with Crippen LogP contribution in [0, 0.1) is 6.92 Å². The van der Waals surface area contributed by atoms with E-state index in [-0.39, 0.29) is 5.56 Å². The number of phenolic OH excluding ortho intramolecular Hbond substituents is 3. The fraction of sp³-hybridized carbons (Fsp3) is 0.261. The van der Waals surface area contributed by atoms with Crippen LogP contribution in [0.1, 0.15) is 66.4 Å². The number of hydrogen-bond acceptors (Lipinski definition) is 10. The molecule has 0 amide bonds. The number of rotatable bonds is 3. The van der Waals surface area contributed by atoms with Gasteiger partial charge in [-0.2, -0.15) is 0 Å². The molecule has 0 aromatic heterocycles. The summed E-state index contributed by atoms with van der Waals surface area (Å²) in [5.74, 6) is -7.51. The number of hydrogen-bond donors (Lipinski definition) is 7. The number of aromatic carboxylic acids is 1. The molecule has 0 bridgehead atoms. The Morgan fingerprint density at radius 1 is 0.971 bits per heavy atom. The molecule has 11 nitrogen and oxygen atoms in total. The van der Waals surface area contributed by atoms with Gasteiger partial charge in [0.2, 0.25) is 0 Å². The minimum atomic E-state index is -1.56. The van der Waals surface area contributed by atoms with E-state index in [0.29, 0.717) is 5.57 Å². The predicted octanol–water partition coefficient (Wildman–Crippen LogP) is 1.03. The van der Waals surface area contributed by atoms with Gasteiger partial charge >= 0.3 is 5.97 Å². The Balaban J connectivity index is 2.00. The van der Waals surface area contributed by atoms with Crippen LogP contribution in [-0.4, -0.2) is 72.1 Å². The number of ketones is 2. The Labute approximate surface area is 191 Å². The molecule has 1 heterocycles. The third-order valence-electron chi connectivity index (χ3n) is 6.17. The fourth-order valence-corrected chi connectivity index (χ4v) is 4.50. The molecule has 34 heavy (non-hydrogen) atoms. The number of aliphatic hydroxyl groups excluding tert-OH is 2. The van der Waals surface area contributed by atoms with Gasteiger partial charge in [-0.15, -0.1) is 0 Å². The Kier molecular flexibility index (Phi) is 5.35. The van der Waals surface area contributed by atoms with Crippen LogP contribution in [0.15, 0.2) is 17.7 Å². The van der Waals surface area contributed by atoms with E-state index >= 15 is 0 Å². The van der Waals surface area contributed by atoms with Crippen LogP contribution in [0.4, 0.5) is 0 Å². The predicted molar refractivity (Wildman–Crippen MR) is 113 cm³/mol. The summed E-state index contributed by atoms with van der Waals surface area (Å²) < 4.78 is 5.57. The van der Waals surface area contributed by atoms with Gasteiger partial charge < -0.3 is 40.5 Å². The van der Waals surface area contributed by atoms with Crippen molar-refractivity contribution in [3.05, 3.63) is 56.7 Å². The highest BCUT2D eigenvalue weighted by Gasteiger charge is 2.43. The molecule has 178 valence electrons. The number of phenols is 4. The van der Waals surface area contributed by atoms with Gasteiger partial charge in [-0.3, -0.25) is 9.59 Å². The van der Waals surface area contributed by atoms with Crippen molar-refractivity contribution in [2.45, 2.75) is 32.2 Å². The number of carbonyl (C=O) groups excluding carboxylic acids is 2. The first-order valence-electron chi connectivity index (χ1n) is 10.0. The lowest BCUT2D eigenvalue weighted by atomic mass is 9.78. The molecule has 4 rings (SSSR count). The zero-order chi connectivity index (χ0) is 25.2. The van der Waals surface area contributed by atoms with E-state index in [1.807, 2.05) is 0 Å². The molecule has 0 fully saturated rings. The van der Waals surface area contributed by atoms with Gasteiger partial charge in [0.05, 0.1) is 23.3 Å². The van der Waals surface area contributed by atoms with E-state index in [4.69, 9.17) is 4.74 Å². The monoisotopic (exact) mass is 472 g/mol. The van der Waals surface area contributed by atoms with E-state index in [1.165, 1.54) is 13.0 Å². The Bertz CT molecular complexity index is 1320. The zero-order valence-electron chi connectivity index (χ0n) is 17.9. The molecule has 2 aromatic rings. The van der Waals surface area contributed by atoms with Gasteiger partial charge in [-0.05, 0) is 31.1 Å². The normalized spacial score (nSPS) is 21.6.